The van der Waals surface area contributed by atoms with Crippen molar-refractivity contribution in [1.82, 2.24) is 10.7 Å². The third-order valence-corrected chi connectivity index (χ3v) is 5.16. The van der Waals surface area contributed by atoms with Crippen molar-refractivity contribution in [2.24, 2.45) is 5.10 Å². The fourth-order valence-corrected chi connectivity index (χ4v) is 3.44. The third-order valence-electron chi connectivity index (χ3n) is 4.65. The van der Waals surface area contributed by atoms with Crippen LogP contribution in [0.4, 0.5) is 0 Å². The predicted octanol–water partition coefficient (Wildman–Crippen LogP) is 5.20. The van der Waals surface area contributed by atoms with Crippen LogP contribution in [-0.4, -0.2) is 38.3 Å². The van der Waals surface area contributed by atoms with Gasteiger partial charge in [-0.1, -0.05) is 48.0 Å². The Morgan fingerprint density at radius 1 is 0.971 bits per heavy atom. The van der Waals surface area contributed by atoms with Gasteiger partial charge < -0.3 is 24.3 Å². The molecule has 0 aliphatic rings. The molecule has 0 spiro atoms. The van der Waals surface area contributed by atoms with Crippen molar-refractivity contribution in [3.8, 4) is 23.0 Å². The Bertz CT molecular complexity index is 1130. The Labute approximate surface area is 216 Å². The fraction of sp³-hybridized carbons (Fsp3) is 0.231. The minimum Gasteiger partial charge on any atom is -0.497 e. The van der Waals surface area contributed by atoms with Gasteiger partial charge in [0.25, 0.3) is 0 Å². The summed E-state index contributed by atoms with van der Waals surface area (Å²) in [7, 11) is 1.61. The van der Waals surface area contributed by atoms with Gasteiger partial charge in [-0.15, -0.1) is 0 Å². The van der Waals surface area contributed by atoms with Gasteiger partial charge in [0.2, 0.25) is 0 Å². The first kappa shape index (κ1) is 26.1. The lowest BCUT2D eigenvalue weighted by Gasteiger charge is -2.15. The highest BCUT2D eigenvalue weighted by Gasteiger charge is 2.12. The summed E-state index contributed by atoms with van der Waals surface area (Å²) < 4.78 is 22.5. The van der Waals surface area contributed by atoms with E-state index in [1.54, 1.807) is 25.5 Å². The van der Waals surface area contributed by atoms with E-state index < -0.39 is 0 Å². The lowest BCUT2D eigenvalue weighted by Crippen LogP contribution is -2.31. The van der Waals surface area contributed by atoms with Crippen LogP contribution < -0.4 is 29.7 Å². The Morgan fingerprint density at radius 2 is 1.74 bits per heavy atom. The van der Waals surface area contributed by atoms with Gasteiger partial charge in [0.05, 0.1) is 25.0 Å². The van der Waals surface area contributed by atoms with Gasteiger partial charge in [-0.2, -0.15) is 5.10 Å². The van der Waals surface area contributed by atoms with Crippen molar-refractivity contribution < 1.29 is 18.9 Å². The van der Waals surface area contributed by atoms with Gasteiger partial charge >= 0.3 is 0 Å². The lowest BCUT2D eigenvalue weighted by molar-refractivity contribution is 0.208. The second kappa shape index (κ2) is 14.0. The fourth-order valence-electron chi connectivity index (χ4n) is 3.04. The predicted molar refractivity (Wildman–Crippen MR) is 143 cm³/mol. The standard InChI is InChI=1S/C26H28ClN3O4S/c1-3-32-24-15-20(18-29-30-26(35)28-17-19-8-5-4-6-9-19)14-23(27)25(24)34-13-12-33-22-11-7-10-21(16-22)31-2/h4-11,14-16,18H,3,12-13,17H2,1-2H3,(H2,28,30,35)/b29-18-. The lowest BCUT2D eigenvalue weighted by atomic mass is 10.2. The topological polar surface area (TPSA) is 73.3 Å². The van der Waals surface area contributed by atoms with Crippen LogP contribution in [0.25, 0.3) is 0 Å². The van der Waals surface area contributed by atoms with Gasteiger partial charge in [0.1, 0.15) is 24.7 Å². The van der Waals surface area contributed by atoms with Gasteiger partial charge in [-0.25, -0.2) is 0 Å². The first-order chi connectivity index (χ1) is 17.1. The van der Waals surface area contributed by atoms with E-state index in [0.29, 0.717) is 47.1 Å². The first-order valence-electron chi connectivity index (χ1n) is 11.1. The number of thiocarbonyl (C=S) groups is 1. The summed E-state index contributed by atoms with van der Waals surface area (Å²) in [5.74, 6) is 2.39. The Morgan fingerprint density at radius 3 is 2.51 bits per heavy atom. The molecule has 2 N–H and O–H groups in total. The van der Waals surface area contributed by atoms with Crippen LogP contribution in [0.3, 0.4) is 0 Å². The minimum atomic E-state index is 0.285. The molecule has 0 unspecified atom stereocenters. The van der Waals surface area contributed by atoms with Crippen LogP contribution in [0.5, 0.6) is 23.0 Å². The molecule has 9 heteroatoms. The molecule has 0 bridgehead atoms. The zero-order valence-electron chi connectivity index (χ0n) is 19.6. The molecule has 0 amide bonds. The number of hydrogen-bond donors (Lipinski definition) is 2. The van der Waals surface area contributed by atoms with E-state index in [-0.39, 0.29) is 6.61 Å². The number of methoxy groups -OCH3 is 1. The summed E-state index contributed by atoms with van der Waals surface area (Å²) in [6.45, 7) is 3.57. The monoisotopic (exact) mass is 513 g/mol. The van der Waals surface area contributed by atoms with Crippen LogP contribution in [0, 0.1) is 0 Å². The molecule has 3 aromatic carbocycles. The SMILES string of the molecule is CCOc1cc(/C=N\NC(=S)NCc2ccccc2)cc(Cl)c1OCCOc1cccc(OC)c1. The molecule has 0 aliphatic heterocycles. The van der Waals surface area contributed by atoms with Gasteiger partial charge in [-0.3, -0.25) is 5.43 Å². The molecular formula is C26H28ClN3O4S. The highest BCUT2D eigenvalue weighted by atomic mass is 35.5. The minimum absolute atomic E-state index is 0.285. The number of benzene rings is 3. The van der Waals surface area contributed by atoms with Crippen molar-refractivity contribution in [3.63, 3.8) is 0 Å². The van der Waals surface area contributed by atoms with E-state index in [2.05, 4.69) is 15.8 Å². The number of hydrogen-bond acceptors (Lipinski definition) is 6. The molecule has 184 valence electrons. The van der Waals surface area contributed by atoms with Gasteiger partial charge in [-0.05, 0) is 54.5 Å². The number of halogens is 1. The zero-order valence-corrected chi connectivity index (χ0v) is 21.2. The Balaban J connectivity index is 1.53. The van der Waals surface area contributed by atoms with Crippen molar-refractivity contribution in [3.05, 3.63) is 82.9 Å². The normalized spacial score (nSPS) is 10.6. The van der Waals surface area contributed by atoms with E-state index in [1.807, 2.05) is 61.5 Å². The largest absolute Gasteiger partial charge is 0.497 e. The molecule has 0 saturated carbocycles. The second-order valence-corrected chi connectivity index (χ2v) is 7.99. The Kier molecular flexibility index (Phi) is 10.5. The molecule has 0 radical (unpaired) electrons. The number of ether oxygens (including phenoxy) is 4. The van der Waals surface area contributed by atoms with Crippen molar-refractivity contribution in [2.75, 3.05) is 26.9 Å². The maximum absolute atomic E-state index is 6.48. The van der Waals surface area contributed by atoms with Crippen LogP contribution in [0.1, 0.15) is 18.1 Å². The molecule has 7 nitrogen and oxygen atoms in total. The van der Waals surface area contributed by atoms with Crippen molar-refractivity contribution in [1.29, 1.82) is 0 Å². The number of rotatable bonds is 12. The van der Waals surface area contributed by atoms with E-state index in [4.69, 9.17) is 42.8 Å². The molecular weight excluding hydrogens is 486 g/mol. The van der Waals surface area contributed by atoms with Crippen molar-refractivity contribution >= 4 is 35.1 Å². The van der Waals surface area contributed by atoms with E-state index in [9.17, 15) is 0 Å². The van der Waals surface area contributed by atoms with Crippen LogP contribution in [-0.2, 0) is 6.54 Å². The van der Waals surface area contributed by atoms with E-state index in [0.717, 1.165) is 16.9 Å². The van der Waals surface area contributed by atoms with Gasteiger partial charge in [0.15, 0.2) is 16.6 Å². The van der Waals surface area contributed by atoms with Crippen LogP contribution in [0.15, 0.2) is 71.8 Å². The third kappa shape index (κ3) is 8.66. The number of nitrogens with one attached hydrogen (secondary N) is 2. The highest BCUT2D eigenvalue weighted by Crippen LogP contribution is 2.36. The van der Waals surface area contributed by atoms with Gasteiger partial charge in [0, 0.05) is 12.6 Å². The molecule has 3 aromatic rings. The molecule has 0 heterocycles. The number of nitrogens with zero attached hydrogens (tertiary/aromatic N) is 1. The molecule has 35 heavy (non-hydrogen) atoms. The van der Waals surface area contributed by atoms with E-state index >= 15 is 0 Å². The molecule has 0 atom stereocenters. The summed E-state index contributed by atoms with van der Waals surface area (Å²) in [4.78, 5) is 0. The van der Waals surface area contributed by atoms with Crippen LogP contribution >= 0.6 is 23.8 Å². The summed E-state index contributed by atoms with van der Waals surface area (Å²) >= 11 is 11.7. The molecule has 0 aromatic heterocycles. The average molecular weight is 514 g/mol. The molecule has 0 fully saturated rings. The molecule has 3 rings (SSSR count). The molecule has 0 saturated heterocycles. The van der Waals surface area contributed by atoms with E-state index in [1.165, 1.54) is 0 Å². The maximum Gasteiger partial charge on any atom is 0.187 e. The van der Waals surface area contributed by atoms with Crippen LogP contribution in [0.2, 0.25) is 5.02 Å². The quantitative estimate of drug-likeness (QED) is 0.149. The Hall–Kier alpha value is -3.49. The summed E-state index contributed by atoms with van der Waals surface area (Å²) in [5.41, 5.74) is 4.66. The average Bonchev–Trinajstić information content (AvgIpc) is 2.87. The second-order valence-electron chi connectivity index (χ2n) is 7.18. The number of hydrazone groups is 1. The van der Waals surface area contributed by atoms with Crippen molar-refractivity contribution in [2.45, 2.75) is 13.5 Å². The summed E-state index contributed by atoms with van der Waals surface area (Å²) in [5, 5.41) is 8.11. The maximum atomic E-state index is 6.48. The summed E-state index contributed by atoms with van der Waals surface area (Å²) in [6, 6.07) is 20.9. The summed E-state index contributed by atoms with van der Waals surface area (Å²) in [6.07, 6.45) is 1.61. The highest BCUT2D eigenvalue weighted by molar-refractivity contribution is 7.80. The zero-order chi connectivity index (χ0) is 24.9. The smallest absolute Gasteiger partial charge is 0.187 e. The first-order valence-corrected chi connectivity index (χ1v) is 11.8. The molecule has 0 aliphatic carbocycles.